The van der Waals surface area contributed by atoms with E-state index in [1.54, 1.807) is 4.90 Å². The molecule has 0 aliphatic heterocycles. The largest absolute Gasteiger partial charge is 0.352 e. The summed E-state index contributed by atoms with van der Waals surface area (Å²) in [6.45, 7) is 8.46. The van der Waals surface area contributed by atoms with Crippen LogP contribution in [0.5, 0.6) is 0 Å². The fraction of sp³-hybridized carbons (Fsp3) is 0.417. The van der Waals surface area contributed by atoms with Crippen molar-refractivity contribution in [2.24, 2.45) is 0 Å². The van der Waals surface area contributed by atoms with Crippen molar-refractivity contribution >= 4 is 23.6 Å². The number of amides is 2. The maximum atomic E-state index is 13.2. The van der Waals surface area contributed by atoms with Gasteiger partial charge in [0.2, 0.25) is 11.8 Å². The number of carbonyl (C=O) groups excluding carboxylic acids is 2. The summed E-state index contributed by atoms with van der Waals surface area (Å²) in [5, 5.41) is 3.04. The number of thioether (sulfide) groups is 1. The van der Waals surface area contributed by atoms with E-state index in [1.807, 2.05) is 82.3 Å². The highest BCUT2D eigenvalue weighted by molar-refractivity contribution is 8.00. The highest BCUT2D eigenvalue weighted by Gasteiger charge is 2.29. The summed E-state index contributed by atoms with van der Waals surface area (Å²) in [5.74, 6) is 0.209. The molecule has 0 fully saturated rings. The maximum absolute atomic E-state index is 13.2. The van der Waals surface area contributed by atoms with Crippen LogP contribution in [0.1, 0.15) is 44.7 Å². The van der Waals surface area contributed by atoms with Gasteiger partial charge in [0, 0.05) is 17.5 Å². The van der Waals surface area contributed by atoms with Crippen molar-refractivity contribution in [1.29, 1.82) is 0 Å². The Morgan fingerprint density at radius 1 is 1.00 bits per heavy atom. The van der Waals surface area contributed by atoms with E-state index in [0.717, 1.165) is 16.9 Å². The van der Waals surface area contributed by atoms with Gasteiger partial charge in [-0.1, -0.05) is 61.9 Å². The lowest BCUT2D eigenvalue weighted by molar-refractivity contribution is -0.139. The minimum atomic E-state index is -0.477. The predicted molar refractivity (Wildman–Crippen MR) is 121 cm³/mol. The quantitative estimate of drug-likeness (QED) is 0.570. The molecule has 0 radical (unpaired) electrons. The van der Waals surface area contributed by atoms with Crippen LogP contribution in [0.3, 0.4) is 0 Å². The zero-order chi connectivity index (χ0) is 21.2. The lowest BCUT2D eigenvalue weighted by Crippen LogP contribution is -2.51. The summed E-state index contributed by atoms with van der Waals surface area (Å²) in [5.41, 5.74) is 2.22. The molecule has 1 N–H and O–H groups in total. The van der Waals surface area contributed by atoms with Crippen molar-refractivity contribution in [3.8, 4) is 0 Å². The number of carbonyl (C=O) groups is 2. The summed E-state index contributed by atoms with van der Waals surface area (Å²) in [6.07, 6.45) is 1.44. The molecule has 4 nitrogen and oxygen atoms in total. The molecule has 0 aliphatic carbocycles. The first-order chi connectivity index (χ1) is 13.9. The van der Waals surface area contributed by atoms with E-state index in [4.69, 9.17) is 0 Å². The molecule has 0 bridgehead atoms. The van der Waals surface area contributed by atoms with E-state index in [1.165, 1.54) is 17.3 Å². The number of aryl methyl sites for hydroxylation is 1. The molecule has 156 valence electrons. The second kappa shape index (κ2) is 11.7. The first-order valence-corrected chi connectivity index (χ1v) is 11.3. The average molecular weight is 413 g/mol. The normalized spacial score (nSPS) is 12.8. The lowest BCUT2D eigenvalue weighted by atomic mass is 10.1. The number of nitrogens with one attached hydrogen (secondary N) is 1. The molecule has 0 heterocycles. The Morgan fingerprint density at radius 3 is 2.24 bits per heavy atom. The monoisotopic (exact) mass is 412 g/mol. The molecule has 0 spiro atoms. The minimum Gasteiger partial charge on any atom is -0.352 e. The molecule has 0 aromatic heterocycles. The third kappa shape index (κ3) is 7.24. The van der Waals surface area contributed by atoms with E-state index < -0.39 is 6.04 Å². The molecule has 2 amide bonds. The number of hydrogen-bond acceptors (Lipinski definition) is 3. The van der Waals surface area contributed by atoms with E-state index in [-0.39, 0.29) is 17.9 Å². The molecule has 2 unspecified atom stereocenters. The van der Waals surface area contributed by atoms with Crippen LogP contribution in [0.4, 0.5) is 0 Å². The highest BCUT2D eigenvalue weighted by atomic mass is 32.2. The van der Waals surface area contributed by atoms with Crippen LogP contribution in [0, 0.1) is 6.92 Å². The van der Waals surface area contributed by atoms with Crippen LogP contribution >= 0.6 is 11.8 Å². The van der Waals surface area contributed by atoms with Crippen molar-refractivity contribution in [3.63, 3.8) is 0 Å². The van der Waals surface area contributed by atoms with Crippen LogP contribution < -0.4 is 5.32 Å². The van der Waals surface area contributed by atoms with Gasteiger partial charge in [0.25, 0.3) is 0 Å². The Morgan fingerprint density at radius 2 is 1.66 bits per heavy atom. The molecule has 0 aliphatic rings. The van der Waals surface area contributed by atoms with Gasteiger partial charge in [0.05, 0.1) is 5.75 Å². The minimum absolute atomic E-state index is 0.0226. The van der Waals surface area contributed by atoms with Crippen molar-refractivity contribution in [3.05, 3.63) is 65.7 Å². The van der Waals surface area contributed by atoms with Gasteiger partial charge in [-0.25, -0.2) is 0 Å². The van der Waals surface area contributed by atoms with E-state index in [0.29, 0.717) is 18.7 Å². The van der Waals surface area contributed by atoms with Crippen molar-refractivity contribution in [2.45, 2.75) is 64.1 Å². The Hall–Kier alpha value is -2.27. The Labute approximate surface area is 179 Å². The Kier molecular flexibility index (Phi) is 9.26. The zero-order valence-corrected chi connectivity index (χ0v) is 18.7. The fourth-order valence-corrected chi connectivity index (χ4v) is 3.79. The smallest absolute Gasteiger partial charge is 0.243 e. The molecule has 0 saturated carbocycles. The molecule has 2 atom stereocenters. The van der Waals surface area contributed by atoms with Gasteiger partial charge in [-0.2, -0.15) is 0 Å². The van der Waals surface area contributed by atoms with Crippen LogP contribution in [0.15, 0.2) is 59.5 Å². The van der Waals surface area contributed by atoms with Gasteiger partial charge in [-0.05, 0) is 44.4 Å². The van der Waals surface area contributed by atoms with Gasteiger partial charge in [0.15, 0.2) is 0 Å². The molecule has 5 heteroatoms. The third-order valence-electron chi connectivity index (χ3n) is 4.97. The van der Waals surface area contributed by atoms with Crippen molar-refractivity contribution < 1.29 is 9.59 Å². The molecule has 2 aromatic rings. The second-order valence-electron chi connectivity index (χ2n) is 7.35. The summed E-state index contributed by atoms with van der Waals surface area (Å²) >= 11 is 1.51. The Balaban J connectivity index is 2.16. The van der Waals surface area contributed by atoms with E-state index in [2.05, 4.69) is 5.32 Å². The lowest BCUT2D eigenvalue weighted by Gasteiger charge is -2.31. The predicted octanol–water partition coefficient (Wildman–Crippen LogP) is 4.81. The first-order valence-electron chi connectivity index (χ1n) is 10.3. The summed E-state index contributed by atoms with van der Waals surface area (Å²) in [7, 11) is 0. The van der Waals surface area contributed by atoms with E-state index >= 15 is 0 Å². The second-order valence-corrected chi connectivity index (χ2v) is 8.40. The number of rotatable bonds is 10. The first kappa shape index (κ1) is 23.0. The Bertz CT molecular complexity index is 777. The van der Waals surface area contributed by atoms with Gasteiger partial charge < -0.3 is 10.2 Å². The molecule has 29 heavy (non-hydrogen) atoms. The van der Waals surface area contributed by atoms with Gasteiger partial charge in [-0.15, -0.1) is 11.8 Å². The van der Waals surface area contributed by atoms with Gasteiger partial charge in [-0.3, -0.25) is 9.59 Å². The molecule has 2 aromatic carbocycles. The number of nitrogens with zero attached hydrogens (tertiary/aromatic N) is 1. The molecule has 2 rings (SSSR count). The molecular formula is C24H32N2O2S. The van der Waals surface area contributed by atoms with Crippen LogP contribution in [0.25, 0.3) is 0 Å². The average Bonchev–Trinajstić information content (AvgIpc) is 2.73. The van der Waals surface area contributed by atoms with Crippen molar-refractivity contribution in [2.75, 3.05) is 5.75 Å². The van der Waals surface area contributed by atoms with Crippen LogP contribution in [0.2, 0.25) is 0 Å². The van der Waals surface area contributed by atoms with E-state index in [9.17, 15) is 9.59 Å². The summed E-state index contributed by atoms with van der Waals surface area (Å²) in [6, 6.07) is 17.6. The topological polar surface area (TPSA) is 49.4 Å². The summed E-state index contributed by atoms with van der Waals surface area (Å²) in [4.78, 5) is 28.8. The number of benzene rings is 2. The van der Waals surface area contributed by atoms with Crippen LogP contribution in [-0.4, -0.2) is 34.6 Å². The molecule has 0 saturated heterocycles. The zero-order valence-electron chi connectivity index (χ0n) is 17.9. The SMILES string of the molecule is CCC(C)NC(=O)C(CC)N(Cc1ccccc1)C(=O)CSc1ccc(C)cc1. The fourth-order valence-electron chi connectivity index (χ4n) is 3.00. The maximum Gasteiger partial charge on any atom is 0.243 e. The standard InChI is InChI=1S/C24H32N2O2S/c1-5-19(4)25-24(28)22(6-2)26(16-20-10-8-7-9-11-20)23(27)17-29-21-14-12-18(3)13-15-21/h7-15,19,22H,5-6,16-17H2,1-4H3,(H,25,28). The summed E-state index contributed by atoms with van der Waals surface area (Å²) < 4.78 is 0. The number of hydrogen-bond donors (Lipinski definition) is 1. The van der Waals surface area contributed by atoms with Crippen LogP contribution in [-0.2, 0) is 16.1 Å². The van der Waals surface area contributed by atoms with Gasteiger partial charge >= 0.3 is 0 Å². The van der Waals surface area contributed by atoms with Crippen molar-refractivity contribution in [1.82, 2.24) is 10.2 Å². The van der Waals surface area contributed by atoms with Gasteiger partial charge in [0.1, 0.15) is 6.04 Å². The third-order valence-corrected chi connectivity index (χ3v) is 5.96. The highest BCUT2D eigenvalue weighted by Crippen LogP contribution is 2.21. The molecular weight excluding hydrogens is 380 g/mol.